The summed E-state index contributed by atoms with van der Waals surface area (Å²) < 4.78 is 7.13. The van der Waals surface area contributed by atoms with Crippen LogP contribution in [0, 0.1) is 17.8 Å². The fraction of sp³-hybridized carbons (Fsp3) is 0.591. The molecular weight excluding hydrogens is 418 g/mol. The SMILES string of the molecule is O=C(Cn1c2c(sc1=O)[C@@H](c1cccnc1)[C@@H]1[C@H]3CC[C@@H](C3)[C@H]1S2)N1CCOCC1. The first-order valence-electron chi connectivity index (χ1n) is 10.9. The van der Waals surface area contributed by atoms with Gasteiger partial charge in [-0.2, -0.15) is 0 Å². The molecule has 0 N–H and O–H groups in total. The molecule has 4 heterocycles. The van der Waals surface area contributed by atoms with Crippen LogP contribution in [0.15, 0.2) is 34.3 Å². The number of aromatic nitrogens is 2. The number of hydrogen-bond donors (Lipinski definition) is 0. The van der Waals surface area contributed by atoms with Crippen molar-refractivity contribution in [2.75, 3.05) is 26.3 Å². The molecule has 0 unspecified atom stereocenters. The van der Waals surface area contributed by atoms with E-state index < -0.39 is 0 Å². The van der Waals surface area contributed by atoms with Gasteiger partial charge in [-0.25, -0.2) is 0 Å². The number of nitrogens with zero attached hydrogens (tertiary/aromatic N) is 3. The fourth-order valence-corrected chi connectivity index (χ4v) is 9.22. The molecule has 6 rings (SSSR count). The highest BCUT2D eigenvalue weighted by Gasteiger charge is 2.55. The van der Waals surface area contributed by atoms with Gasteiger partial charge in [0.15, 0.2) is 0 Å². The molecule has 158 valence electrons. The van der Waals surface area contributed by atoms with E-state index in [1.54, 1.807) is 4.57 Å². The van der Waals surface area contributed by atoms with E-state index in [0.717, 1.165) is 21.7 Å². The van der Waals surface area contributed by atoms with Crippen molar-refractivity contribution in [3.05, 3.63) is 44.6 Å². The van der Waals surface area contributed by atoms with E-state index in [2.05, 4.69) is 11.1 Å². The molecule has 2 aromatic heterocycles. The third-order valence-corrected chi connectivity index (χ3v) is 10.2. The van der Waals surface area contributed by atoms with Gasteiger partial charge in [0.1, 0.15) is 6.54 Å². The molecule has 1 amide bonds. The zero-order valence-corrected chi connectivity index (χ0v) is 18.4. The second-order valence-electron chi connectivity index (χ2n) is 8.87. The molecule has 2 saturated carbocycles. The second-order valence-corrected chi connectivity index (χ2v) is 11.0. The van der Waals surface area contributed by atoms with Crippen LogP contribution in [0.3, 0.4) is 0 Å². The summed E-state index contributed by atoms with van der Waals surface area (Å²) in [4.78, 5) is 33.3. The minimum atomic E-state index is -0.00433. The smallest absolute Gasteiger partial charge is 0.308 e. The van der Waals surface area contributed by atoms with Gasteiger partial charge >= 0.3 is 4.87 Å². The number of rotatable bonds is 3. The van der Waals surface area contributed by atoms with Gasteiger partial charge in [0, 0.05) is 41.5 Å². The zero-order chi connectivity index (χ0) is 20.2. The summed E-state index contributed by atoms with van der Waals surface area (Å²) in [5.41, 5.74) is 1.22. The summed E-state index contributed by atoms with van der Waals surface area (Å²) in [7, 11) is 0. The third kappa shape index (κ3) is 2.99. The van der Waals surface area contributed by atoms with Crippen molar-refractivity contribution in [3.8, 4) is 0 Å². The Morgan fingerprint density at radius 2 is 2.07 bits per heavy atom. The van der Waals surface area contributed by atoms with Gasteiger partial charge < -0.3 is 9.64 Å². The molecule has 2 aliphatic heterocycles. The predicted molar refractivity (Wildman–Crippen MR) is 116 cm³/mol. The van der Waals surface area contributed by atoms with Gasteiger partial charge in [0.25, 0.3) is 0 Å². The number of morpholine rings is 1. The van der Waals surface area contributed by atoms with Crippen molar-refractivity contribution >= 4 is 29.0 Å². The number of fused-ring (bicyclic) bond motifs is 6. The van der Waals surface area contributed by atoms with Gasteiger partial charge in [0.2, 0.25) is 5.91 Å². The van der Waals surface area contributed by atoms with Crippen LogP contribution >= 0.6 is 23.1 Å². The number of carbonyl (C=O) groups excluding carboxylic acids is 1. The largest absolute Gasteiger partial charge is 0.378 e. The van der Waals surface area contributed by atoms with E-state index in [-0.39, 0.29) is 23.2 Å². The zero-order valence-electron chi connectivity index (χ0n) is 16.7. The maximum atomic E-state index is 13.1. The number of hydrogen-bond acceptors (Lipinski definition) is 6. The molecule has 4 aliphatic rings. The number of carbonyl (C=O) groups is 1. The molecule has 0 aromatic carbocycles. The molecule has 0 radical (unpaired) electrons. The van der Waals surface area contributed by atoms with Crippen LogP contribution < -0.4 is 4.87 Å². The minimum Gasteiger partial charge on any atom is -0.378 e. The summed E-state index contributed by atoms with van der Waals surface area (Å²) in [6.45, 7) is 2.52. The maximum absolute atomic E-state index is 13.1. The van der Waals surface area contributed by atoms with Crippen molar-refractivity contribution in [2.24, 2.45) is 17.8 Å². The van der Waals surface area contributed by atoms with Gasteiger partial charge in [-0.05, 0) is 48.6 Å². The van der Waals surface area contributed by atoms with Gasteiger partial charge in [-0.3, -0.25) is 19.1 Å². The van der Waals surface area contributed by atoms with E-state index >= 15 is 0 Å². The maximum Gasteiger partial charge on any atom is 0.308 e. The molecule has 2 aromatic rings. The molecular formula is C22H25N3O3S2. The Morgan fingerprint density at radius 3 is 2.87 bits per heavy atom. The summed E-state index contributed by atoms with van der Waals surface area (Å²) in [6, 6.07) is 4.16. The highest BCUT2D eigenvalue weighted by atomic mass is 32.2. The van der Waals surface area contributed by atoms with Crippen LogP contribution in [0.2, 0.25) is 0 Å². The summed E-state index contributed by atoms with van der Waals surface area (Å²) in [5.74, 6) is 2.30. The molecule has 2 aliphatic carbocycles. The lowest BCUT2D eigenvalue weighted by Crippen LogP contribution is -2.43. The van der Waals surface area contributed by atoms with E-state index in [1.807, 2.05) is 35.1 Å². The van der Waals surface area contributed by atoms with Crippen molar-refractivity contribution in [3.63, 3.8) is 0 Å². The van der Waals surface area contributed by atoms with Gasteiger partial charge in [0.05, 0.1) is 18.2 Å². The Hall–Kier alpha value is -1.64. The van der Waals surface area contributed by atoms with E-state index in [9.17, 15) is 9.59 Å². The molecule has 1 saturated heterocycles. The van der Waals surface area contributed by atoms with Crippen molar-refractivity contribution in [1.82, 2.24) is 14.5 Å². The Bertz CT molecular complexity index is 1010. The first-order valence-corrected chi connectivity index (χ1v) is 12.6. The van der Waals surface area contributed by atoms with Crippen LogP contribution in [0.4, 0.5) is 0 Å². The molecule has 8 heteroatoms. The van der Waals surface area contributed by atoms with Crippen molar-refractivity contribution in [1.29, 1.82) is 0 Å². The average Bonchev–Trinajstić information content (AvgIpc) is 3.48. The van der Waals surface area contributed by atoms with Gasteiger partial charge in [-0.1, -0.05) is 17.4 Å². The lowest BCUT2D eigenvalue weighted by molar-refractivity contribution is -0.136. The highest BCUT2D eigenvalue weighted by Crippen LogP contribution is 2.63. The monoisotopic (exact) mass is 443 g/mol. The van der Waals surface area contributed by atoms with Crippen molar-refractivity contribution < 1.29 is 9.53 Å². The summed E-state index contributed by atoms with van der Waals surface area (Å²) in [6.07, 6.45) is 7.71. The van der Waals surface area contributed by atoms with Gasteiger partial charge in [-0.15, -0.1) is 11.8 Å². The van der Waals surface area contributed by atoms with E-state index in [1.165, 1.54) is 36.2 Å². The lowest BCUT2D eigenvalue weighted by atomic mass is 9.75. The number of thioether (sulfide) groups is 1. The first kappa shape index (κ1) is 19.1. The Kier molecular flexibility index (Phi) is 4.77. The number of pyridine rings is 1. The number of thiazole rings is 1. The second kappa shape index (κ2) is 7.50. The molecule has 2 bridgehead atoms. The molecule has 6 nitrogen and oxygen atoms in total. The van der Waals surface area contributed by atoms with Crippen LogP contribution in [-0.2, 0) is 16.1 Å². The average molecular weight is 444 g/mol. The summed E-state index contributed by atoms with van der Waals surface area (Å²) >= 11 is 3.23. The topological polar surface area (TPSA) is 64.4 Å². The summed E-state index contributed by atoms with van der Waals surface area (Å²) in [5, 5.41) is 1.58. The van der Waals surface area contributed by atoms with Crippen LogP contribution in [0.1, 0.15) is 35.6 Å². The molecule has 30 heavy (non-hydrogen) atoms. The quantitative estimate of drug-likeness (QED) is 0.730. The number of ether oxygens (including phenoxy) is 1. The van der Waals surface area contributed by atoms with Crippen LogP contribution in [0.25, 0.3) is 0 Å². The fourth-order valence-electron chi connectivity index (χ4n) is 6.07. The van der Waals surface area contributed by atoms with E-state index in [0.29, 0.717) is 37.5 Å². The molecule has 3 fully saturated rings. The third-order valence-electron chi connectivity index (χ3n) is 7.39. The minimum absolute atomic E-state index is 0.00433. The Balaban J connectivity index is 1.40. The highest BCUT2D eigenvalue weighted by molar-refractivity contribution is 8.00. The Labute approximate surface area is 183 Å². The molecule has 0 spiro atoms. The van der Waals surface area contributed by atoms with Crippen LogP contribution in [0.5, 0.6) is 0 Å². The normalized spacial score (nSPS) is 32.1. The first-order chi connectivity index (χ1) is 14.7. The Morgan fingerprint density at radius 1 is 1.23 bits per heavy atom. The van der Waals surface area contributed by atoms with Crippen molar-refractivity contribution in [2.45, 2.75) is 42.0 Å². The number of amides is 1. The molecule has 5 atom stereocenters. The lowest BCUT2D eigenvalue weighted by Gasteiger charge is -2.40. The van der Waals surface area contributed by atoms with E-state index in [4.69, 9.17) is 4.74 Å². The predicted octanol–water partition coefficient (Wildman–Crippen LogP) is 2.82. The standard InChI is InChI=1S/C22H25N3O3S2/c26-16(24-6-8-28-9-7-24)12-25-21-20(30-22(25)27)18(15-2-1-5-23-11-15)17-13-3-4-14(10-13)19(17)29-21/h1-2,5,11,13-14,17-19H,3-4,6-10,12H2/t13-,14-,17-,18-,19+/m0/s1. The van der Waals surface area contributed by atoms with Crippen LogP contribution in [-0.4, -0.2) is 51.9 Å².